The second kappa shape index (κ2) is 4.10. The van der Waals surface area contributed by atoms with Gasteiger partial charge in [-0.2, -0.15) is 0 Å². The summed E-state index contributed by atoms with van der Waals surface area (Å²) in [6.45, 7) is 0. The molecule has 1 aliphatic rings. The molecule has 6 heteroatoms. The number of hydrogen-bond acceptors (Lipinski definition) is 4. The van der Waals surface area contributed by atoms with Gasteiger partial charge in [-0.3, -0.25) is 8.78 Å². The van der Waals surface area contributed by atoms with Crippen molar-refractivity contribution in [3.63, 3.8) is 0 Å². The highest BCUT2D eigenvalue weighted by atomic mass is 32.2. The van der Waals surface area contributed by atoms with E-state index in [2.05, 4.69) is 9.97 Å². The monoisotopic (exact) mass is 250 g/mol. The van der Waals surface area contributed by atoms with Gasteiger partial charge in [0.2, 0.25) is 5.95 Å². The highest BCUT2D eigenvalue weighted by Crippen LogP contribution is 2.28. The van der Waals surface area contributed by atoms with Crippen LogP contribution < -0.4 is 5.73 Å². The Morgan fingerprint density at radius 1 is 1.41 bits per heavy atom. The maximum absolute atomic E-state index is 11.4. The van der Waals surface area contributed by atoms with Crippen LogP contribution in [0.25, 0.3) is 11.2 Å². The summed E-state index contributed by atoms with van der Waals surface area (Å²) in [5, 5.41) is 0. The molecule has 1 aliphatic heterocycles. The van der Waals surface area contributed by atoms with Crippen molar-refractivity contribution in [3.05, 3.63) is 18.3 Å². The smallest absolute Gasteiger partial charge is 0.202 e. The Bertz CT molecular complexity index is 570. The van der Waals surface area contributed by atoms with Crippen LogP contribution >= 0.6 is 0 Å². The van der Waals surface area contributed by atoms with Crippen molar-refractivity contribution < 1.29 is 4.21 Å². The number of aromatic nitrogens is 3. The maximum Gasteiger partial charge on any atom is 0.202 e. The van der Waals surface area contributed by atoms with Gasteiger partial charge in [0, 0.05) is 34.5 Å². The van der Waals surface area contributed by atoms with E-state index in [-0.39, 0.29) is 6.04 Å². The summed E-state index contributed by atoms with van der Waals surface area (Å²) in [5.41, 5.74) is 7.62. The molecule has 0 radical (unpaired) electrons. The number of nitrogens with two attached hydrogens (primary N) is 1. The third-order valence-corrected chi connectivity index (χ3v) is 4.58. The highest BCUT2D eigenvalue weighted by molar-refractivity contribution is 7.85. The molecule has 0 saturated carbocycles. The average Bonchev–Trinajstić information content (AvgIpc) is 2.66. The van der Waals surface area contributed by atoms with E-state index in [1.807, 2.05) is 16.7 Å². The molecule has 2 aromatic heterocycles. The predicted octanol–water partition coefficient (Wildman–Crippen LogP) is 1.10. The molecule has 0 bridgehead atoms. The first-order valence-corrected chi connectivity index (χ1v) is 7.18. The van der Waals surface area contributed by atoms with Crippen molar-refractivity contribution in [2.75, 3.05) is 17.2 Å². The lowest BCUT2D eigenvalue weighted by atomic mass is 10.1. The molecule has 0 atom stereocenters. The molecule has 5 nitrogen and oxygen atoms in total. The lowest BCUT2D eigenvalue weighted by molar-refractivity contribution is 0.476. The van der Waals surface area contributed by atoms with E-state index in [9.17, 15) is 4.21 Å². The Balaban J connectivity index is 2.04. The van der Waals surface area contributed by atoms with E-state index >= 15 is 0 Å². The van der Waals surface area contributed by atoms with Crippen LogP contribution in [0.2, 0.25) is 0 Å². The van der Waals surface area contributed by atoms with Gasteiger partial charge in [-0.1, -0.05) is 0 Å². The molecule has 17 heavy (non-hydrogen) atoms. The van der Waals surface area contributed by atoms with Gasteiger partial charge in [-0.25, -0.2) is 9.97 Å². The Kier molecular flexibility index (Phi) is 2.58. The summed E-state index contributed by atoms with van der Waals surface area (Å²) >= 11 is 0. The van der Waals surface area contributed by atoms with Gasteiger partial charge >= 0.3 is 0 Å². The normalized spacial score (nSPS) is 25.2. The molecule has 3 rings (SSSR count). The van der Waals surface area contributed by atoms with Crippen LogP contribution in [-0.2, 0) is 10.8 Å². The summed E-state index contributed by atoms with van der Waals surface area (Å²) in [4.78, 5) is 8.65. The quantitative estimate of drug-likeness (QED) is 0.822. The standard InChI is InChI=1S/C11H14N4OS/c12-11-14-9-2-1-5-13-10(9)15(11)8-3-6-17(16)7-4-8/h1-2,5,8H,3-4,6-7H2,(H2,12,14). The van der Waals surface area contributed by atoms with Crippen molar-refractivity contribution in [2.45, 2.75) is 18.9 Å². The molecule has 2 N–H and O–H groups in total. The zero-order valence-electron chi connectivity index (χ0n) is 9.37. The lowest BCUT2D eigenvalue weighted by Gasteiger charge is -2.23. The van der Waals surface area contributed by atoms with Gasteiger partial charge in [-0.15, -0.1) is 0 Å². The zero-order chi connectivity index (χ0) is 11.8. The van der Waals surface area contributed by atoms with Crippen LogP contribution in [0.3, 0.4) is 0 Å². The topological polar surface area (TPSA) is 73.8 Å². The number of imidazole rings is 1. The Morgan fingerprint density at radius 2 is 2.18 bits per heavy atom. The van der Waals surface area contributed by atoms with Crippen LogP contribution in [0.15, 0.2) is 18.3 Å². The van der Waals surface area contributed by atoms with E-state index in [4.69, 9.17) is 5.73 Å². The second-order valence-corrected chi connectivity index (χ2v) is 5.96. The minimum Gasteiger partial charge on any atom is -0.369 e. The van der Waals surface area contributed by atoms with Gasteiger partial charge in [-0.05, 0) is 25.0 Å². The fourth-order valence-corrected chi connectivity index (χ4v) is 3.62. The SMILES string of the molecule is Nc1nc2cccnc2n1C1CCS(=O)CC1. The highest BCUT2D eigenvalue weighted by Gasteiger charge is 2.23. The van der Waals surface area contributed by atoms with E-state index < -0.39 is 10.8 Å². The molecule has 2 aromatic rings. The minimum absolute atomic E-state index is 0.285. The molecule has 1 saturated heterocycles. The number of pyridine rings is 1. The third kappa shape index (κ3) is 1.82. The van der Waals surface area contributed by atoms with Gasteiger partial charge in [0.1, 0.15) is 5.52 Å². The van der Waals surface area contributed by atoms with Crippen molar-refractivity contribution in [1.29, 1.82) is 0 Å². The molecule has 1 fully saturated rings. The maximum atomic E-state index is 11.4. The van der Waals surface area contributed by atoms with E-state index in [1.54, 1.807) is 6.20 Å². The summed E-state index contributed by atoms with van der Waals surface area (Å²) < 4.78 is 13.4. The number of nitrogens with zero attached hydrogens (tertiary/aromatic N) is 3. The Morgan fingerprint density at radius 3 is 2.94 bits per heavy atom. The van der Waals surface area contributed by atoms with Crippen molar-refractivity contribution in [1.82, 2.24) is 14.5 Å². The van der Waals surface area contributed by atoms with Crippen LogP contribution in [0.4, 0.5) is 5.95 Å². The van der Waals surface area contributed by atoms with E-state index in [0.29, 0.717) is 5.95 Å². The van der Waals surface area contributed by atoms with Crippen LogP contribution in [-0.4, -0.2) is 30.2 Å². The third-order valence-electron chi connectivity index (χ3n) is 3.20. The summed E-state index contributed by atoms with van der Waals surface area (Å²) in [6, 6.07) is 4.05. The first-order chi connectivity index (χ1) is 8.25. The first-order valence-electron chi connectivity index (χ1n) is 5.69. The molecule has 0 spiro atoms. The number of hydrogen-bond donors (Lipinski definition) is 1. The Hall–Kier alpha value is -1.43. The van der Waals surface area contributed by atoms with Gasteiger partial charge < -0.3 is 5.73 Å². The largest absolute Gasteiger partial charge is 0.369 e. The van der Waals surface area contributed by atoms with Gasteiger partial charge in [0.05, 0.1) is 0 Å². The summed E-state index contributed by atoms with van der Waals surface area (Å²) in [6.07, 6.45) is 3.53. The molecule has 90 valence electrons. The number of fused-ring (bicyclic) bond motifs is 1. The first kappa shape index (κ1) is 10.7. The van der Waals surface area contributed by atoms with Crippen molar-refractivity contribution >= 4 is 27.9 Å². The zero-order valence-corrected chi connectivity index (χ0v) is 10.2. The van der Waals surface area contributed by atoms with E-state index in [1.165, 1.54) is 0 Å². The fraction of sp³-hybridized carbons (Fsp3) is 0.455. The second-order valence-electron chi connectivity index (χ2n) is 4.27. The molecule has 0 amide bonds. The molecule has 3 heterocycles. The summed E-state index contributed by atoms with van der Waals surface area (Å²) in [7, 11) is -0.658. The van der Waals surface area contributed by atoms with Crippen molar-refractivity contribution in [3.8, 4) is 0 Å². The van der Waals surface area contributed by atoms with Gasteiger partial charge in [0.25, 0.3) is 0 Å². The van der Waals surface area contributed by atoms with Gasteiger partial charge in [0.15, 0.2) is 5.65 Å². The summed E-state index contributed by atoms with van der Waals surface area (Å²) in [5.74, 6) is 2.00. The molecular weight excluding hydrogens is 236 g/mol. The molecule has 0 aromatic carbocycles. The minimum atomic E-state index is -0.658. The lowest BCUT2D eigenvalue weighted by Crippen LogP contribution is -2.22. The Labute approximate surface area is 102 Å². The van der Waals surface area contributed by atoms with Crippen LogP contribution in [0, 0.1) is 0 Å². The molecule has 0 unspecified atom stereocenters. The number of rotatable bonds is 1. The predicted molar refractivity (Wildman–Crippen MR) is 68.1 cm³/mol. The molecule has 0 aliphatic carbocycles. The van der Waals surface area contributed by atoms with Crippen molar-refractivity contribution in [2.24, 2.45) is 0 Å². The fourth-order valence-electron chi connectivity index (χ4n) is 2.35. The molecular formula is C11H14N4OS. The van der Waals surface area contributed by atoms with E-state index in [0.717, 1.165) is 35.5 Å². The average molecular weight is 250 g/mol. The van der Waals surface area contributed by atoms with Crippen LogP contribution in [0.5, 0.6) is 0 Å². The number of anilines is 1. The number of nitrogen functional groups attached to an aromatic ring is 1. The van der Waals surface area contributed by atoms with Crippen LogP contribution in [0.1, 0.15) is 18.9 Å².